The summed E-state index contributed by atoms with van der Waals surface area (Å²) >= 11 is 6.07. The number of benzene rings is 1. The average molecular weight is 240 g/mol. The molecule has 0 radical (unpaired) electrons. The maximum absolute atomic E-state index is 6.07. The van der Waals surface area contributed by atoms with Crippen LogP contribution < -0.4 is 10.5 Å². The third kappa shape index (κ3) is 1.92. The van der Waals surface area contributed by atoms with Crippen LogP contribution in [0.2, 0.25) is 5.02 Å². The topological polar surface area (TPSA) is 35.2 Å². The van der Waals surface area contributed by atoms with Crippen molar-refractivity contribution in [3.8, 4) is 5.75 Å². The molecule has 1 aromatic rings. The second-order valence-corrected chi connectivity index (χ2v) is 4.97. The Morgan fingerprint density at radius 2 is 2.06 bits per heavy atom. The maximum Gasteiger partial charge on any atom is 0.122 e. The van der Waals surface area contributed by atoms with Gasteiger partial charge in [0.1, 0.15) is 5.75 Å². The van der Waals surface area contributed by atoms with E-state index in [4.69, 9.17) is 22.1 Å². The van der Waals surface area contributed by atoms with Crippen molar-refractivity contribution < 1.29 is 4.74 Å². The van der Waals surface area contributed by atoms with Crippen molar-refractivity contribution >= 4 is 11.6 Å². The lowest BCUT2D eigenvalue weighted by Gasteiger charge is -2.29. The van der Waals surface area contributed by atoms with Crippen molar-refractivity contribution in [3.05, 3.63) is 28.8 Å². The van der Waals surface area contributed by atoms with E-state index in [0.717, 1.165) is 23.6 Å². The number of methoxy groups -OCH3 is 1. The fourth-order valence-corrected chi connectivity index (χ4v) is 2.90. The van der Waals surface area contributed by atoms with Gasteiger partial charge in [-0.05, 0) is 31.0 Å². The molecule has 1 aliphatic carbocycles. The van der Waals surface area contributed by atoms with E-state index in [2.05, 4.69) is 0 Å². The molecular weight excluding hydrogens is 222 g/mol. The second-order valence-electron chi connectivity index (χ2n) is 4.54. The Morgan fingerprint density at radius 3 is 2.62 bits per heavy atom. The van der Waals surface area contributed by atoms with Crippen LogP contribution in [-0.2, 0) is 5.41 Å². The zero-order valence-electron chi connectivity index (χ0n) is 9.63. The van der Waals surface area contributed by atoms with Crippen molar-refractivity contribution in [2.24, 2.45) is 5.73 Å². The molecule has 1 saturated carbocycles. The minimum atomic E-state index is 0.0796. The molecule has 0 bridgehead atoms. The first-order chi connectivity index (χ1) is 7.72. The Balaban J connectivity index is 2.47. The fourth-order valence-electron chi connectivity index (χ4n) is 2.73. The van der Waals surface area contributed by atoms with Crippen molar-refractivity contribution in [2.45, 2.75) is 31.1 Å². The molecule has 2 rings (SSSR count). The number of halogens is 1. The highest BCUT2D eigenvalue weighted by Crippen LogP contribution is 2.44. The predicted octanol–water partition coefficient (Wildman–Crippen LogP) is 3.12. The molecule has 0 heterocycles. The van der Waals surface area contributed by atoms with Crippen molar-refractivity contribution in [1.29, 1.82) is 0 Å². The van der Waals surface area contributed by atoms with E-state index < -0.39 is 0 Å². The zero-order chi connectivity index (χ0) is 11.6. The number of hydrogen-bond donors (Lipinski definition) is 1. The van der Waals surface area contributed by atoms with Crippen molar-refractivity contribution in [2.75, 3.05) is 13.7 Å². The van der Waals surface area contributed by atoms with Gasteiger partial charge >= 0.3 is 0 Å². The lowest BCUT2D eigenvalue weighted by atomic mass is 9.78. The number of ether oxygens (including phenoxy) is 1. The van der Waals surface area contributed by atoms with E-state index in [1.54, 1.807) is 7.11 Å². The Kier molecular flexibility index (Phi) is 3.41. The van der Waals surface area contributed by atoms with Crippen molar-refractivity contribution in [1.82, 2.24) is 0 Å². The van der Waals surface area contributed by atoms with Gasteiger partial charge in [0, 0.05) is 22.5 Å². The van der Waals surface area contributed by atoms with Gasteiger partial charge in [-0.15, -0.1) is 0 Å². The molecule has 0 amide bonds. The molecule has 0 atom stereocenters. The van der Waals surface area contributed by atoms with Gasteiger partial charge in [0.05, 0.1) is 7.11 Å². The molecule has 0 aromatic heterocycles. The average Bonchev–Trinajstić information content (AvgIpc) is 2.78. The molecule has 1 aromatic carbocycles. The molecule has 3 heteroatoms. The van der Waals surface area contributed by atoms with Gasteiger partial charge in [-0.1, -0.05) is 24.4 Å². The van der Waals surface area contributed by atoms with Gasteiger partial charge in [0.2, 0.25) is 0 Å². The highest BCUT2D eigenvalue weighted by Gasteiger charge is 2.36. The summed E-state index contributed by atoms with van der Waals surface area (Å²) in [5.74, 6) is 0.914. The molecule has 1 fully saturated rings. The summed E-state index contributed by atoms with van der Waals surface area (Å²) in [6.07, 6.45) is 4.76. The summed E-state index contributed by atoms with van der Waals surface area (Å²) in [5.41, 5.74) is 7.24. The molecule has 0 spiro atoms. The molecular formula is C13H18ClNO. The Morgan fingerprint density at radius 1 is 1.38 bits per heavy atom. The van der Waals surface area contributed by atoms with E-state index in [9.17, 15) is 0 Å². The largest absolute Gasteiger partial charge is 0.496 e. The zero-order valence-corrected chi connectivity index (χ0v) is 10.4. The highest BCUT2D eigenvalue weighted by molar-refractivity contribution is 6.30. The van der Waals surface area contributed by atoms with Crippen LogP contribution in [0.5, 0.6) is 5.75 Å². The Bertz CT molecular complexity index is 372. The standard InChI is InChI=1S/C13H18ClNO/c1-16-12-5-4-10(14)8-11(12)13(9-15)6-2-3-7-13/h4-5,8H,2-3,6-7,9,15H2,1H3. The van der Waals surface area contributed by atoms with Crippen LogP contribution in [0.4, 0.5) is 0 Å². The second kappa shape index (κ2) is 4.64. The fraction of sp³-hybridized carbons (Fsp3) is 0.538. The maximum atomic E-state index is 6.07. The summed E-state index contributed by atoms with van der Waals surface area (Å²) in [4.78, 5) is 0. The SMILES string of the molecule is COc1ccc(Cl)cc1C1(CN)CCCC1. The van der Waals surface area contributed by atoms with Crippen LogP contribution in [0.3, 0.4) is 0 Å². The monoisotopic (exact) mass is 239 g/mol. The van der Waals surface area contributed by atoms with Gasteiger partial charge < -0.3 is 10.5 Å². The number of rotatable bonds is 3. The summed E-state index contributed by atoms with van der Waals surface area (Å²) in [6, 6.07) is 5.81. The Labute approximate surface area is 102 Å². The quantitative estimate of drug-likeness (QED) is 0.880. The summed E-state index contributed by atoms with van der Waals surface area (Å²) in [7, 11) is 1.70. The third-order valence-electron chi connectivity index (χ3n) is 3.68. The Hall–Kier alpha value is -0.730. The molecule has 2 nitrogen and oxygen atoms in total. The molecule has 1 aliphatic rings. The van der Waals surface area contributed by atoms with E-state index in [0.29, 0.717) is 6.54 Å². The van der Waals surface area contributed by atoms with E-state index in [1.807, 2.05) is 18.2 Å². The molecule has 0 saturated heterocycles. The van der Waals surface area contributed by atoms with Crippen LogP contribution >= 0.6 is 11.6 Å². The predicted molar refractivity (Wildman–Crippen MR) is 67.2 cm³/mol. The first-order valence-electron chi connectivity index (χ1n) is 5.76. The molecule has 16 heavy (non-hydrogen) atoms. The van der Waals surface area contributed by atoms with Gasteiger partial charge in [0.15, 0.2) is 0 Å². The summed E-state index contributed by atoms with van der Waals surface area (Å²) < 4.78 is 5.43. The number of hydrogen-bond acceptors (Lipinski definition) is 2. The van der Waals surface area contributed by atoms with Gasteiger partial charge in [0.25, 0.3) is 0 Å². The first kappa shape index (κ1) is 11.7. The first-order valence-corrected chi connectivity index (χ1v) is 6.14. The van der Waals surface area contributed by atoms with Crippen LogP contribution in [0, 0.1) is 0 Å². The van der Waals surface area contributed by atoms with Gasteiger partial charge in [-0.2, -0.15) is 0 Å². The number of nitrogens with two attached hydrogens (primary N) is 1. The lowest BCUT2D eigenvalue weighted by Crippen LogP contribution is -2.32. The smallest absolute Gasteiger partial charge is 0.122 e. The minimum absolute atomic E-state index is 0.0796. The van der Waals surface area contributed by atoms with E-state index in [-0.39, 0.29) is 5.41 Å². The van der Waals surface area contributed by atoms with Crippen LogP contribution in [0.1, 0.15) is 31.2 Å². The summed E-state index contributed by atoms with van der Waals surface area (Å²) in [6.45, 7) is 0.670. The van der Waals surface area contributed by atoms with Crippen LogP contribution in [0.25, 0.3) is 0 Å². The van der Waals surface area contributed by atoms with E-state index in [1.165, 1.54) is 18.4 Å². The van der Waals surface area contributed by atoms with Crippen LogP contribution in [0.15, 0.2) is 18.2 Å². The third-order valence-corrected chi connectivity index (χ3v) is 3.92. The lowest BCUT2D eigenvalue weighted by molar-refractivity contribution is 0.378. The van der Waals surface area contributed by atoms with E-state index >= 15 is 0 Å². The summed E-state index contributed by atoms with van der Waals surface area (Å²) in [5, 5.41) is 0.760. The van der Waals surface area contributed by atoms with Gasteiger partial charge in [-0.25, -0.2) is 0 Å². The van der Waals surface area contributed by atoms with Crippen molar-refractivity contribution in [3.63, 3.8) is 0 Å². The molecule has 0 aliphatic heterocycles. The molecule has 2 N–H and O–H groups in total. The highest BCUT2D eigenvalue weighted by atomic mass is 35.5. The molecule has 88 valence electrons. The van der Waals surface area contributed by atoms with Crippen LogP contribution in [-0.4, -0.2) is 13.7 Å². The molecule has 0 unspecified atom stereocenters. The van der Waals surface area contributed by atoms with Gasteiger partial charge in [-0.3, -0.25) is 0 Å². The minimum Gasteiger partial charge on any atom is -0.496 e. The normalized spacial score (nSPS) is 18.7.